The van der Waals surface area contributed by atoms with E-state index in [0.29, 0.717) is 12.0 Å². The number of rotatable bonds is 6. The number of benzene rings is 2. The zero-order chi connectivity index (χ0) is 18.9. The van der Waals surface area contributed by atoms with E-state index in [1.54, 1.807) is 0 Å². The van der Waals surface area contributed by atoms with Crippen LogP contribution in [0.15, 0.2) is 65.7 Å². The zero-order valence-electron chi connectivity index (χ0n) is 16.1. The number of hydrogen-bond acceptors (Lipinski definition) is 3. The molecule has 0 radical (unpaired) electrons. The van der Waals surface area contributed by atoms with Crippen molar-refractivity contribution in [3.63, 3.8) is 0 Å². The lowest BCUT2D eigenvalue weighted by Crippen LogP contribution is -2.45. The number of nitrogens with zero attached hydrogens (tertiary/aromatic N) is 2. The minimum atomic E-state index is -0.129. The van der Waals surface area contributed by atoms with Crippen LogP contribution in [-0.4, -0.2) is 44.1 Å². The van der Waals surface area contributed by atoms with Gasteiger partial charge >= 0.3 is 0 Å². The number of para-hydroxylation sites is 2. The molecule has 7 heteroatoms. The Labute approximate surface area is 183 Å². The molecule has 150 valence electrons. The minimum Gasteiger partial charge on any atom is -0.369 e. The topological polar surface area (TPSA) is 68.8 Å². The maximum absolute atomic E-state index is 12.1. The van der Waals surface area contributed by atoms with Crippen molar-refractivity contribution < 1.29 is 4.79 Å². The van der Waals surface area contributed by atoms with Gasteiger partial charge in [0.1, 0.15) is 6.54 Å². The van der Waals surface area contributed by atoms with Crippen LogP contribution in [-0.2, 0) is 4.79 Å². The zero-order valence-corrected chi connectivity index (χ0v) is 18.4. The summed E-state index contributed by atoms with van der Waals surface area (Å²) >= 11 is 0. The van der Waals surface area contributed by atoms with E-state index < -0.39 is 0 Å². The van der Waals surface area contributed by atoms with Crippen molar-refractivity contribution in [2.75, 3.05) is 36.4 Å². The SMILES string of the molecule is CCNC(=NCC(=O)Nc1ccccc1)NC1CCN(c2ccccc2)C1.I. The van der Waals surface area contributed by atoms with E-state index >= 15 is 0 Å². The first-order valence-corrected chi connectivity index (χ1v) is 9.44. The van der Waals surface area contributed by atoms with Gasteiger partial charge in [-0.25, -0.2) is 4.99 Å². The van der Waals surface area contributed by atoms with Crippen LogP contribution in [0.25, 0.3) is 0 Å². The molecule has 28 heavy (non-hydrogen) atoms. The van der Waals surface area contributed by atoms with Gasteiger partial charge in [-0.05, 0) is 37.6 Å². The van der Waals surface area contributed by atoms with Gasteiger partial charge < -0.3 is 20.9 Å². The number of nitrogens with one attached hydrogen (secondary N) is 3. The Morgan fingerprint density at radius 1 is 1.11 bits per heavy atom. The van der Waals surface area contributed by atoms with Gasteiger partial charge in [0.2, 0.25) is 5.91 Å². The molecule has 2 aromatic rings. The van der Waals surface area contributed by atoms with Gasteiger partial charge in [-0.3, -0.25) is 4.79 Å². The summed E-state index contributed by atoms with van der Waals surface area (Å²) in [6.07, 6.45) is 1.04. The summed E-state index contributed by atoms with van der Waals surface area (Å²) in [4.78, 5) is 18.9. The number of anilines is 2. The average Bonchev–Trinajstić information content (AvgIpc) is 3.16. The summed E-state index contributed by atoms with van der Waals surface area (Å²) in [7, 11) is 0. The Bertz CT molecular complexity index is 754. The smallest absolute Gasteiger partial charge is 0.246 e. The summed E-state index contributed by atoms with van der Waals surface area (Å²) in [5.41, 5.74) is 2.02. The number of carbonyl (C=O) groups excluding carboxylic acids is 1. The van der Waals surface area contributed by atoms with Crippen LogP contribution < -0.4 is 20.9 Å². The molecule has 1 aliphatic rings. The Kier molecular flexibility index (Phi) is 9.06. The lowest BCUT2D eigenvalue weighted by atomic mass is 10.3. The summed E-state index contributed by atoms with van der Waals surface area (Å²) < 4.78 is 0. The van der Waals surface area contributed by atoms with Crippen molar-refractivity contribution in [1.82, 2.24) is 10.6 Å². The van der Waals surface area contributed by atoms with E-state index in [1.165, 1.54) is 5.69 Å². The molecule has 1 atom stereocenters. The van der Waals surface area contributed by atoms with Crippen molar-refractivity contribution >= 4 is 47.2 Å². The first kappa shape index (κ1) is 22.0. The fourth-order valence-electron chi connectivity index (χ4n) is 3.14. The number of aliphatic imine (C=N–C) groups is 1. The van der Waals surface area contributed by atoms with Crippen LogP contribution in [0.5, 0.6) is 0 Å². The second-order valence-electron chi connectivity index (χ2n) is 6.52. The van der Waals surface area contributed by atoms with Crippen molar-refractivity contribution in [3.8, 4) is 0 Å². The van der Waals surface area contributed by atoms with Crippen molar-refractivity contribution in [1.29, 1.82) is 0 Å². The van der Waals surface area contributed by atoms with E-state index in [1.807, 2.05) is 43.3 Å². The number of hydrogen-bond donors (Lipinski definition) is 3. The quantitative estimate of drug-likeness (QED) is 0.329. The molecule has 6 nitrogen and oxygen atoms in total. The van der Waals surface area contributed by atoms with E-state index in [9.17, 15) is 4.79 Å². The monoisotopic (exact) mass is 493 g/mol. The molecule has 1 saturated heterocycles. The highest BCUT2D eigenvalue weighted by atomic mass is 127. The molecule has 3 rings (SSSR count). The van der Waals surface area contributed by atoms with E-state index in [0.717, 1.165) is 31.7 Å². The van der Waals surface area contributed by atoms with Gasteiger partial charge in [0, 0.05) is 37.1 Å². The fraction of sp³-hybridized carbons (Fsp3) is 0.333. The number of halogens is 1. The normalized spacial score (nSPS) is 16.2. The lowest BCUT2D eigenvalue weighted by Gasteiger charge is -2.20. The summed E-state index contributed by atoms with van der Waals surface area (Å²) in [6, 6.07) is 20.2. The predicted molar refractivity (Wildman–Crippen MR) is 127 cm³/mol. The molecule has 0 bridgehead atoms. The molecule has 1 heterocycles. The van der Waals surface area contributed by atoms with Crippen LogP contribution in [0, 0.1) is 0 Å². The third-order valence-electron chi connectivity index (χ3n) is 4.43. The van der Waals surface area contributed by atoms with Gasteiger partial charge in [-0.15, -0.1) is 24.0 Å². The van der Waals surface area contributed by atoms with Crippen molar-refractivity contribution in [3.05, 3.63) is 60.7 Å². The van der Waals surface area contributed by atoms with Crippen LogP contribution in [0.1, 0.15) is 13.3 Å². The molecule has 0 saturated carbocycles. The molecule has 1 amide bonds. The molecule has 3 N–H and O–H groups in total. The highest BCUT2D eigenvalue weighted by Crippen LogP contribution is 2.19. The van der Waals surface area contributed by atoms with E-state index in [2.05, 4.69) is 50.1 Å². The first-order chi connectivity index (χ1) is 13.2. The van der Waals surface area contributed by atoms with E-state index in [4.69, 9.17) is 0 Å². The Balaban J connectivity index is 0.00000280. The first-order valence-electron chi connectivity index (χ1n) is 9.44. The third-order valence-corrected chi connectivity index (χ3v) is 4.43. The van der Waals surface area contributed by atoms with Crippen LogP contribution >= 0.6 is 24.0 Å². The molecule has 1 unspecified atom stereocenters. The number of carbonyl (C=O) groups is 1. The molecule has 1 fully saturated rings. The Morgan fingerprint density at radius 3 is 2.46 bits per heavy atom. The van der Waals surface area contributed by atoms with Crippen LogP contribution in [0.2, 0.25) is 0 Å². The second kappa shape index (κ2) is 11.5. The van der Waals surface area contributed by atoms with Crippen LogP contribution in [0.4, 0.5) is 11.4 Å². The molecular formula is C21H28IN5O. The lowest BCUT2D eigenvalue weighted by molar-refractivity contribution is -0.114. The minimum absolute atomic E-state index is 0. The largest absolute Gasteiger partial charge is 0.369 e. The maximum atomic E-state index is 12.1. The Hall–Kier alpha value is -2.29. The number of amides is 1. The molecule has 2 aromatic carbocycles. The fourth-order valence-corrected chi connectivity index (χ4v) is 3.14. The van der Waals surface area contributed by atoms with Crippen molar-refractivity contribution in [2.45, 2.75) is 19.4 Å². The standard InChI is InChI=1S/C21H27N5O.HI/c1-2-22-21(23-15-20(27)24-17-9-5-3-6-10-17)25-18-13-14-26(16-18)19-11-7-4-8-12-19;/h3-12,18H,2,13-16H2,1H3,(H,24,27)(H2,22,23,25);1H. The molecule has 0 aliphatic carbocycles. The predicted octanol–water partition coefficient (Wildman–Crippen LogP) is 3.08. The van der Waals surface area contributed by atoms with Crippen LogP contribution in [0.3, 0.4) is 0 Å². The molecule has 1 aliphatic heterocycles. The van der Waals surface area contributed by atoms with E-state index in [-0.39, 0.29) is 36.4 Å². The summed E-state index contributed by atoms with van der Waals surface area (Å²) in [5, 5.41) is 9.53. The van der Waals surface area contributed by atoms with Gasteiger partial charge in [0.25, 0.3) is 0 Å². The Morgan fingerprint density at radius 2 is 1.79 bits per heavy atom. The van der Waals surface area contributed by atoms with Gasteiger partial charge in [-0.1, -0.05) is 36.4 Å². The molecule has 0 aromatic heterocycles. The number of guanidine groups is 1. The highest BCUT2D eigenvalue weighted by Gasteiger charge is 2.23. The average molecular weight is 493 g/mol. The summed E-state index contributed by atoms with van der Waals surface area (Å²) in [6.45, 7) is 4.78. The molecule has 0 spiro atoms. The second-order valence-corrected chi connectivity index (χ2v) is 6.52. The maximum Gasteiger partial charge on any atom is 0.246 e. The van der Waals surface area contributed by atoms with Crippen molar-refractivity contribution in [2.24, 2.45) is 4.99 Å². The third kappa shape index (κ3) is 6.70. The summed E-state index contributed by atoms with van der Waals surface area (Å²) in [5.74, 6) is 0.552. The molecular weight excluding hydrogens is 465 g/mol. The van der Waals surface area contributed by atoms with Gasteiger partial charge in [-0.2, -0.15) is 0 Å². The highest BCUT2D eigenvalue weighted by molar-refractivity contribution is 14.0. The van der Waals surface area contributed by atoms with Gasteiger partial charge in [0.15, 0.2) is 5.96 Å². The van der Waals surface area contributed by atoms with Gasteiger partial charge in [0.05, 0.1) is 0 Å².